The normalized spacial score (nSPS) is 19.8. The van der Waals surface area contributed by atoms with Crippen LogP contribution in [-0.2, 0) is 4.74 Å². The van der Waals surface area contributed by atoms with Crippen molar-refractivity contribution < 1.29 is 18.4 Å². The lowest BCUT2D eigenvalue weighted by atomic mass is 10.0. The quantitative estimate of drug-likeness (QED) is 0.749. The van der Waals surface area contributed by atoms with Gasteiger partial charge in [0.2, 0.25) is 0 Å². The summed E-state index contributed by atoms with van der Waals surface area (Å²) in [6.45, 7) is 3.01. The number of rotatable bonds is 5. The summed E-state index contributed by atoms with van der Waals surface area (Å²) in [5.74, 6) is 1.66. The average Bonchev–Trinajstić information content (AvgIpc) is 3.28. The Bertz CT molecular complexity index is 930. The Morgan fingerprint density at radius 3 is 3.04 bits per heavy atom. The molecule has 0 amide bonds. The first-order valence-electron chi connectivity index (χ1n) is 8.43. The number of aryl methyl sites for hydroxylation is 1. The molecule has 0 unspecified atom stereocenters. The highest BCUT2D eigenvalue weighted by atomic mass is 19.1. The van der Waals surface area contributed by atoms with Crippen LogP contribution in [-0.4, -0.2) is 35.4 Å². The number of hydrogen-bond acceptors (Lipinski definition) is 7. The summed E-state index contributed by atoms with van der Waals surface area (Å²) in [7, 11) is 1.45. The summed E-state index contributed by atoms with van der Waals surface area (Å²) < 4.78 is 30.1. The van der Waals surface area contributed by atoms with Crippen molar-refractivity contribution in [1.29, 1.82) is 0 Å². The maximum Gasteiger partial charge on any atom is 0.256 e. The molecule has 0 radical (unpaired) electrons. The van der Waals surface area contributed by atoms with Crippen molar-refractivity contribution in [3.63, 3.8) is 0 Å². The molecule has 1 fully saturated rings. The molecule has 3 aromatic rings. The first-order chi connectivity index (χ1) is 12.7. The van der Waals surface area contributed by atoms with E-state index in [1.54, 1.807) is 19.2 Å². The number of benzene rings is 1. The van der Waals surface area contributed by atoms with Gasteiger partial charge in [-0.2, -0.15) is 4.98 Å². The number of halogens is 1. The SMILES string of the molecule is COc1cc2ccnc(NC[C@@H]3CCO[C@@H]3c3nc(C)no3)c2cc1F. The van der Waals surface area contributed by atoms with E-state index in [0.29, 0.717) is 36.1 Å². The van der Waals surface area contributed by atoms with Gasteiger partial charge in [0.05, 0.1) is 7.11 Å². The molecule has 3 heterocycles. The van der Waals surface area contributed by atoms with E-state index in [4.69, 9.17) is 14.0 Å². The fraction of sp³-hybridized carbons (Fsp3) is 0.389. The number of nitrogens with one attached hydrogen (secondary N) is 1. The van der Waals surface area contributed by atoms with E-state index >= 15 is 0 Å². The van der Waals surface area contributed by atoms with Gasteiger partial charge in [0.15, 0.2) is 17.4 Å². The third-order valence-electron chi connectivity index (χ3n) is 4.57. The molecule has 0 saturated carbocycles. The second-order valence-corrected chi connectivity index (χ2v) is 6.27. The average molecular weight is 358 g/mol. The number of anilines is 1. The second kappa shape index (κ2) is 6.87. The molecule has 1 aromatic carbocycles. The van der Waals surface area contributed by atoms with E-state index in [-0.39, 0.29) is 17.8 Å². The lowest BCUT2D eigenvalue weighted by Gasteiger charge is -2.17. The summed E-state index contributed by atoms with van der Waals surface area (Å²) >= 11 is 0. The van der Waals surface area contributed by atoms with Gasteiger partial charge in [-0.3, -0.25) is 0 Å². The number of pyridine rings is 1. The third kappa shape index (κ3) is 3.08. The topological polar surface area (TPSA) is 82.3 Å². The Labute approximate surface area is 149 Å². The highest BCUT2D eigenvalue weighted by molar-refractivity contribution is 5.92. The molecule has 2 aromatic heterocycles. The molecule has 1 aliphatic rings. The predicted octanol–water partition coefficient (Wildman–Crippen LogP) is 3.26. The summed E-state index contributed by atoms with van der Waals surface area (Å²) in [5, 5.41) is 8.70. The monoisotopic (exact) mass is 358 g/mol. The van der Waals surface area contributed by atoms with Crippen LogP contribution in [0.25, 0.3) is 10.8 Å². The molecule has 0 spiro atoms. The molecule has 8 heteroatoms. The van der Waals surface area contributed by atoms with Crippen LogP contribution in [0.2, 0.25) is 0 Å². The Morgan fingerprint density at radius 1 is 1.38 bits per heavy atom. The van der Waals surface area contributed by atoms with Crippen molar-refractivity contribution >= 4 is 16.6 Å². The second-order valence-electron chi connectivity index (χ2n) is 6.27. The van der Waals surface area contributed by atoms with Gasteiger partial charge in [0.1, 0.15) is 11.9 Å². The first kappa shape index (κ1) is 16.7. The molecule has 7 nitrogen and oxygen atoms in total. The zero-order valence-electron chi connectivity index (χ0n) is 14.5. The highest BCUT2D eigenvalue weighted by Gasteiger charge is 2.33. The van der Waals surface area contributed by atoms with E-state index in [0.717, 1.165) is 11.8 Å². The van der Waals surface area contributed by atoms with Crippen LogP contribution >= 0.6 is 0 Å². The molecule has 136 valence electrons. The van der Waals surface area contributed by atoms with Crippen molar-refractivity contribution in [2.24, 2.45) is 5.92 Å². The van der Waals surface area contributed by atoms with E-state index in [1.165, 1.54) is 13.2 Å². The van der Waals surface area contributed by atoms with Gasteiger partial charge in [0, 0.05) is 30.7 Å². The number of nitrogens with zero attached hydrogens (tertiary/aromatic N) is 3. The lowest BCUT2D eigenvalue weighted by Crippen LogP contribution is -2.18. The van der Waals surface area contributed by atoms with Crippen molar-refractivity contribution in [3.05, 3.63) is 41.9 Å². The highest BCUT2D eigenvalue weighted by Crippen LogP contribution is 2.34. The van der Waals surface area contributed by atoms with Crippen molar-refractivity contribution in [2.45, 2.75) is 19.4 Å². The van der Waals surface area contributed by atoms with Gasteiger partial charge < -0.3 is 19.3 Å². The largest absolute Gasteiger partial charge is 0.494 e. The van der Waals surface area contributed by atoms with Crippen LogP contribution in [0, 0.1) is 18.7 Å². The fourth-order valence-corrected chi connectivity index (χ4v) is 3.24. The number of fused-ring (bicyclic) bond motifs is 1. The van der Waals surface area contributed by atoms with Crippen LogP contribution in [0.4, 0.5) is 10.2 Å². The Balaban J connectivity index is 1.55. The van der Waals surface area contributed by atoms with E-state index in [2.05, 4.69) is 20.4 Å². The number of aromatic nitrogens is 3. The van der Waals surface area contributed by atoms with Crippen molar-refractivity contribution in [3.8, 4) is 5.75 Å². The lowest BCUT2D eigenvalue weighted by molar-refractivity contribution is 0.0650. The van der Waals surface area contributed by atoms with Gasteiger partial charge in [-0.25, -0.2) is 9.37 Å². The molecular formula is C18H19FN4O3. The third-order valence-corrected chi connectivity index (χ3v) is 4.57. The van der Waals surface area contributed by atoms with Gasteiger partial charge in [0.25, 0.3) is 5.89 Å². The molecule has 0 bridgehead atoms. The van der Waals surface area contributed by atoms with Crippen molar-refractivity contribution in [2.75, 3.05) is 25.6 Å². The number of ether oxygens (including phenoxy) is 2. The summed E-state index contributed by atoms with van der Waals surface area (Å²) in [5.41, 5.74) is 0. The number of methoxy groups -OCH3 is 1. The Hall–Kier alpha value is -2.74. The van der Waals surface area contributed by atoms with Gasteiger partial charge in [-0.1, -0.05) is 5.16 Å². The summed E-state index contributed by atoms with van der Waals surface area (Å²) in [4.78, 5) is 8.62. The van der Waals surface area contributed by atoms with Gasteiger partial charge in [-0.05, 0) is 36.9 Å². The minimum absolute atomic E-state index is 0.162. The molecule has 1 N–H and O–H groups in total. The Kier molecular flexibility index (Phi) is 4.42. The standard InChI is InChI=1S/C18H19FN4O3/c1-10-22-18(26-23-10)16-12(4-6-25-16)9-21-17-13-8-14(19)15(24-2)7-11(13)3-5-20-17/h3,5,7-8,12,16H,4,6,9H2,1-2H3,(H,20,21)/t12-,16-/m0/s1. The zero-order valence-corrected chi connectivity index (χ0v) is 14.5. The van der Waals surface area contributed by atoms with Crippen LogP contribution in [0.3, 0.4) is 0 Å². The predicted molar refractivity (Wildman–Crippen MR) is 92.6 cm³/mol. The van der Waals surface area contributed by atoms with Crippen LogP contribution in [0.5, 0.6) is 5.75 Å². The maximum absolute atomic E-state index is 14.1. The molecular weight excluding hydrogens is 339 g/mol. The van der Waals surface area contributed by atoms with E-state index in [1.807, 2.05) is 6.07 Å². The zero-order chi connectivity index (χ0) is 18.1. The fourth-order valence-electron chi connectivity index (χ4n) is 3.24. The van der Waals surface area contributed by atoms with Crippen LogP contribution < -0.4 is 10.1 Å². The minimum Gasteiger partial charge on any atom is -0.494 e. The minimum atomic E-state index is -0.417. The smallest absolute Gasteiger partial charge is 0.256 e. The molecule has 1 saturated heterocycles. The van der Waals surface area contributed by atoms with Gasteiger partial charge >= 0.3 is 0 Å². The van der Waals surface area contributed by atoms with Crippen LogP contribution in [0.15, 0.2) is 28.9 Å². The number of hydrogen-bond donors (Lipinski definition) is 1. The first-order valence-corrected chi connectivity index (χ1v) is 8.43. The van der Waals surface area contributed by atoms with Crippen LogP contribution in [0.1, 0.15) is 24.2 Å². The summed E-state index contributed by atoms with van der Waals surface area (Å²) in [6, 6.07) is 4.93. The summed E-state index contributed by atoms with van der Waals surface area (Å²) in [6.07, 6.45) is 2.31. The molecule has 26 heavy (non-hydrogen) atoms. The molecule has 4 rings (SSSR count). The molecule has 2 atom stereocenters. The van der Waals surface area contributed by atoms with Crippen molar-refractivity contribution in [1.82, 2.24) is 15.1 Å². The Morgan fingerprint density at radius 2 is 2.27 bits per heavy atom. The molecule has 1 aliphatic heterocycles. The van der Waals surface area contributed by atoms with E-state index in [9.17, 15) is 4.39 Å². The maximum atomic E-state index is 14.1. The molecule has 0 aliphatic carbocycles. The van der Waals surface area contributed by atoms with Gasteiger partial charge in [-0.15, -0.1) is 0 Å². The van der Waals surface area contributed by atoms with E-state index < -0.39 is 5.82 Å².